The Morgan fingerprint density at radius 1 is 1.33 bits per heavy atom. The van der Waals surface area contributed by atoms with Crippen molar-refractivity contribution in [2.45, 2.75) is 32.7 Å². The summed E-state index contributed by atoms with van der Waals surface area (Å²) in [6, 6.07) is 1.40. The van der Waals surface area contributed by atoms with Crippen molar-refractivity contribution in [1.29, 1.82) is 0 Å². The zero-order valence-electron chi connectivity index (χ0n) is 12.5. The number of hydrogen-bond donors (Lipinski definition) is 2. The van der Waals surface area contributed by atoms with Crippen molar-refractivity contribution in [3.8, 4) is 0 Å². The third-order valence-corrected chi connectivity index (χ3v) is 2.76. The van der Waals surface area contributed by atoms with E-state index in [4.69, 9.17) is 4.52 Å². The van der Waals surface area contributed by atoms with Gasteiger partial charge in [-0.3, -0.25) is 9.59 Å². The molecule has 0 fully saturated rings. The van der Waals surface area contributed by atoms with Crippen LogP contribution in [0.5, 0.6) is 0 Å². The molecule has 0 saturated carbocycles. The van der Waals surface area contributed by atoms with E-state index >= 15 is 0 Å². The highest BCUT2D eigenvalue weighted by Gasteiger charge is 2.28. The lowest BCUT2D eigenvalue weighted by Gasteiger charge is -2.23. The van der Waals surface area contributed by atoms with Gasteiger partial charge < -0.3 is 19.9 Å². The molecule has 1 aromatic rings. The molecule has 116 valence electrons. The van der Waals surface area contributed by atoms with E-state index < -0.39 is 11.5 Å². The summed E-state index contributed by atoms with van der Waals surface area (Å²) in [6.07, 6.45) is 0.308. The summed E-state index contributed by atoms with van der Waals surface area (Å²) in [4.78, 5) is 34.2. The van der Waals surface area contributed by atoms with Crippen LogP contribution in [0.3, 0.4) is 0 Å². The van der Waals surface area contributed by atoms with Crippen LogP contribution >= 0.6 is 0 Å². The molecule has 2 amide bonds. The Labute approximate surface area is 122 Å². The largest absolute Gasteiger partial charge is 0.463 e. The fourth-order valence-corrected chi connectivity index (χ4v) is 1.53. The second-order valence-electron chi connectivity index (χ2n) is 4.87. The van der Waals surface area contributed by atoms with Crippen LogP contribution in [0, 0.1) is 0 Å². The van der Waals surface area contributed by atoms with E-state index in [0.29, 0.717) is 12.1 Å². The molecule has 0 aliphatic rings. The molecule has 0 aromatic carbocycles. The van der Waals surface area contributed by atoms with E-state index in [9.17, 15) is 14.4 Å². The lowest BCUT2D eigenvalue weighted by molar-refractivity contribution is -0.126. The van der Waals surface area contributed by atoms with Crippen LogP contribution in [-0.2, 0) is 19.9 Å². The SMILES string of the molecule is CCC(=O)NCC(=O)NC(C)(C)c1cc(C(=O)OC)on1. The van der Waals surface area contributed by atoms with Crippen molar-refractivity contribution in [2.75, 3.05) is 13.7 Å². The summed E-state index contributed by atoms with van der Waals surface area (Å²) in [5, 5.41) is 8.91. The predicted molar refractivity (Wildman–Crippen MR) is 72.3 cm³/mol. The second-order valence-corrected chi connectivity index (χ2v) is 4.87. The maximum Gasteiger partial charge on any atom is 0.376 e. The number of carbonyl (C=O) groups excluding carboxylic acids is 3. The zero-order chi connectivity index (χ0) is 16.0. The maximum absolute atomic E-state index is 11.8. The van der Waals surface area contributed by atoms with Crippen LogP contribution in [0.25, 0.3) is 0 Å². The van der Waals surface area contributed by atoms with Gasteiger partial charge in [0.2, 0.25) is 17.6 Å². The maximum atomic E-state index is 11.8. The van der Waals surface area contributed by atoms with Crippen molar-refractivity contribution < 1.29 is 23.6 Å². The first-order valence-corrected chi connectivity index (χ1v) is 6.43. The first-order valence-electron chi connectivity index (χ1n) is 6.43. The van der Waals surface area contributed by atoms with Crippen LogP contribution in [0.4, 0.5) is 0 Å². The molecule has 1 heterocycles. The van der Waals surface area contributed by atoms with E-state index in [-0.39, 0.29) is 24.1 Å². The van der Waals surface area contributed by atoms with Gasteiger partial charge in [0.1, 0.15) is 5.69 Å². The van der Waals surface area contributed by atoms with Gasteiger partial charge in [-0.2, -0.15) is 0 Å². The first kappa shape index (κ1) is 16.7. The van der Waals surface area contributed by atoms with E-state index in [1.165, 1.54) is 13.2 Å². The smallest absolute Gasteiger partial charge is 0.376 e. The van der Waals surface area contributed by atoms with Crippen LogP contribution < -0.4 is 10.6 Å². The third kappa shape index (κ3) is 4.59. The number of rotatable bonds is 6. The summed E-state index contributed by atoms with van der Waals surface area (Å²) in [5.41, 5.74) is -0.484. The highest BCUT2D eigenvalue weighted by atomic mass is 16.5. The minimum absolute atomic E-state index is 0.0471. The number of nitrogens with one attached hydrogen (secondary N) is 2. The molecule has 2 N–H and O–H groups in total. The summed E-state index contributed by atoms with van der Waals surface area (Å²) in [5.74, 6) is -1.28. The van der Waals surface area contributed by atoms with Gasteiger partial charge in [-0.15, -0.1) is 0 Å². The second kappa shape index (κ2) is 6.87. The molecular formula is C13H19N3O5. The molecule has 1 aromatic heterocycles. The molecule has 1 rings (SSSR count). The fraction of sp³-hybridized carbons (Fsp3) is 0.538. The Kier molecular flexibility index (Phi) is 5.45. The van der Waals surface area contributed by atoms with E-state index in [1.807, 2.05) is 0 Å². The Hall–Kier alpha value is -2.38. The highest BCUT2D eigenvalue weighted by molar-refractivity contribution is 5.86. The number of aromatic nitrogens is 1. The molecule has 0 bridgehead atoms. The van der Waals surface area contributed by atoms with Gasteiger partial charge in [0, 0.05) is 12.5 Å². The Morgan fingerprint density at radius 3 is 2.57 bits per heavy atom. The molecule has 0 unspecified atom stereocenters. The molecule has 0 atom stereocenters. The summed E-state index contributed by atoms with van der Waals surface area (Å²) < 4.78 is 9.37. The van der Waals surface area contributed by atoms with Crippen LogP contribution in [0.1, 0.15) is 43.4 Å². The summed E-state index contributed by atoms with van der Waals surface area (Å²) >= 11 is 0. The molecule has 21 heavy (non-hydrogen) atoms. The molecular weight excluding hydrogens is 278 g/mol. The predicted octanol–water partition coefficient (Wildman–Crippen LogP) is 0.339. The van der Waals surface area contributed by atoms with Crippen molar-refractivity contribution in [3.05, 3.63) is 17.5 Å². The summed E-state index contributed by atoms with van der Waals surface area (Å²) in [6.45, 7) is 4.97. The van der Waals surface area contributed by atoms with E-state index in [0.717, 1.165) is 0 Å². The van der Waals surface area contributed by atoms with Crippen molar-refractivity contribution in [2.24, 2.45) is 0 Å². The van der Waals surface area contributed by atoms with E-state index in [1.54, 1.807) is 20.8 Å². The van der Waals surface area contributed by atoms with Gasteiger partial charge in [0.05, 0.1) is 19.2 Å². The number of esters is 1. The van der Waals surface area contributed by atoms with Crippen LogP contribution in [0.15, 0.2) is 10.6 Å². The topological polar surface area (TPSA) is 111 Å². The van der Waals surface area contributed by atoms with Crippen molar-refractivity contribution >= 4 is 17.8 Å². The van der Waals surface area contributed by atoms with Crippen molar-refractivity contribution in [3.63, 3.8) is 0 Å². The highest BCUT2D eigenvalue weighted by Crippen LogP contribution is 2.20. The molecule has 8 nitrogen and oxygen atoms in total. The van der Waals surface area contributed by atoms with Gasteiger partial charge in [0.25, 0.3) is 0 Å². The number of ether oxygens (including phenoxy) is 1. The quantitative estimate of drug-likeness (QED) is 0.732. The van der Waals surface area contributed by atoms with Gasteiger partial charge in [0.15, 0.2) is 0 Å². The minimum Gasteiger partial charge on any atom is -0.463 e. The summed E-state index contributed by atoms with van der Waals surface area (Å²) in [7, 11) is 1.23. The van der Waals surface area contributed by atoms with Crippen LogP contribution in [0.2, 0.25) is 0 Å². The Bertz CT molecular complexity index is 536. The number of hydrogen-bond acceptors (Lipinski definition) is 6. The zero-order valence-corrected chi connectivity index (χ0v) is 12.5. The molecule has 0 radical (unpaired) electrons. The third-order valence-electron chi connectivity index (χ3n) is 2.76. The average molecular weight is 297 g/mol. The Balaban J connectivity index is 2.68. The molecule has 8 heteroatoms. The van der Waals surface area contributed by atoms with Crippen LogP contribution in [-0.4, -0.2) is 36.6 Å². The first-order chi connectivity index (χ1) is 9.80. The lowest BCUT2D eigenvalue weighted by Crippen LogP contribution is -2.46. The van der Waals surface area contributed by atoms with E-state index in [2.05, 4.69) is 20.5 Å². The van der Waals surface area contributed by atoms with Gasteiger partial charge in [-0.1, -0.05) is 12.1 Å². The monoisotopic (exact) mass is 297 g/mol. The Morgan fingerprint density at radius 2 is 2.00 bits per heavy atom. The molecule has 0 saturated heterocycles. The minimum atomic E-state index is -0.857. The van der Waals surface area contributed by atoms with Gasteiger partial charge in [-0.25, -0.2) is 4.79 Å². The fourth-order valence-electron chi connectivity index (χ4n) is 1.53. The number of methoxy groups -OCH3 is 1. The number of nitrogens with zero attached hydrogens (tertiary/aromatic N) is 1. The van der Waals surface area contributed by atoms with Gasteiger partial charge >= 0.3 is 5.97 Å². The lowest BCUT2D eigenvalue weighted by atomic mass is 10.0. The number of amides is 2. The normalized spacial score (nSPS) is 10.9. The molecule has 0 spiro atoms. The molecule has 0 aliphatic heterocycles. The standard InChI is InChI=1S/C13H19N3O5/c1-5-10(17)14-7-11(18)15-13(2,3)9-6-8(21-16-9)12(19)20-4/h6H,5,7H2,1-4H3,(H,14,17)(H,15,18). The number of carbonyl (C=O) groups is 3. The van der Waals surface area contributed by atoms with Gasteiger partial charge in [-0.05, 0) is 13.8 Å². The van der Waals surface area contributed by atoms with Crippen molar-refractivity contribution in [1.82, 2.24) is 15.8 Å². The molecule has 0 aliphatic carbocycles. The average Bonchev–Trinajstić information content (AvgIpc) is 2.94.